The second-order valence-electron chi connectivity index (χ2n) is 1.77. The Morgan fingerprint density at radius 3 is 3.00 bits per heavy atom. The largest absolute Gasteiger partial charge is 0.465 e. The van der Waals surface area contributed by atoms with Crippen LogP contribution < -0.4 is 0 Å². The molecule has 0 fully saturated rings. The molecule has 0 bridgehead atoms. The fourth-order valence-corrected chi connectivity index (χ4v) is 1.11. The van der Waals surface area contributed by atoms with Crippen LogP contribution in [0, 0.1) is 11.3 Å². The SMILES string of the molecule is CCOC(=O)CSCCC#N. The van der Waals surface area contributed by atoms with Gasteiger partial charge in [-0.3, -0.25) is 4.79 Å². The molecule has 0 N–H and O–H groups in total. The minimum atomic E-state index is -0.199. The first-order chi connectivity index (χ1) is 5.31. The molecule has 62 valence electrons. The maximum atomic E-state index is 10.7. The van der Waals surface area contributed by atoms with E-state index in [0.717, 1.165) is 0 Å². The van der Waals surface area contributed by atoms with Crippen molar-refractivity contribution in [2.75, 3.05) is 18.1 Å². The molecule has 0 atom stereocenters. The summed E-state index contributed by atoms with van der Waals surface area (Å²) in [7, 11) is 0. The number of nitriles is 1. The van der Waals surface area contributed by atoms with Gasteiger partial charge < -0.3 is 4.74 Å². The molecule has 0 saturated carbocycles. The lowest BCUT2D eigenvalue weighted by Gasteiger charge is -1.98. The van der Waals surface area contributed by atoms with Crippen LogP contribution in [-0.4, -0.2) is 24.1 Å². The van der Waals surface area contributed by atoms with Gasteiger partial charge in [0.25, 0.3) is 0 Å². The van der Waals surface area contributed by atoms with Crippen LogP contribution in [0.2, 0.25) is 0 Å². The van der Waals surface area contributed by atoms with Gasteiger partial charge in [0.2, 0.25) is 0 Å². The Labute approximate surface area is 70.7 Å². The summed E-state index contributed by atoms with van der Waals surface area (Å²) in [4.78, 5) is 10.7. The minimum Gasteiger partial charge on any atom is -0.465 e. The third-order valence-corrected chi connectivity index (χ3v) is 1.82. The van der Waals surface area contributed by atoms with Gasteiger partial charge in [-0.2, -0.15) is 5.26 Å². The molecule has 0 radical (unpaired) electrons. The average molecular weight is 173 g/mol. The van der Waals surface area contributed by atoms with E-state index < -0.39 is 0 Å². The molecule has 0 aromatic carbocycles. The first kappa shape index (κ1) is 10.3. The molecule has 0 aromatic rings. The lowest BCUT2D eigenvalue weighted by molar-refractivity contribution is -0.139. The van der Waals surface area contributed by atoms with Crippen molar-refractivity contribution in [3.05, 3.63) is 0 Å². The number of esters is 1. The second-order valence-corrected chi connectivity index (χ2v) is 2.87. The maximum absolute atomic E-state index is 10.7. The number of thioether (sulfide) groups is 1. The smallest absolute Gasteiger partial charge is 0.315 e. The van der Waals surface area contributed by atoms with E-state index in [-0.39, 0.29) is 5.97 Å². The zero-order valence-electron chi connectivity index (χ0n) is 6.50. The highest BCUT2D eigenvalue weighted by Crippen LogP contribution is 2.01. The zero-order valence-corrected chi connectivity index (χ0v) is 7.32. The van der Waals surface area contributed by atoms with Crippen LogP contribution >= 0.6 is 11.8 Å². The molecule has 0 saturated heterocycles. The Morgan fingerprint density at radius 2 is 2.45 bits per heavy atom. The Kier molecular flexibility index (Phi) is 6.95. The van der Waals surface area contributed by atoms with Crippen molar-refractivity contribution in [2.45, 2.75) is 13.3 Å². The van der Waals surface area contributed by atoms with E-state index in [1.807, 2.05) is 6.07 Å². The summed E-state index contributed by atoms with van der Waals surface area (Å²) in [6.45, 7) is 2.20. The fourth-order valence-electron chi connectivity index (χ4n) is 0.476. The van der Waals surface area contributed by atoms with Crippen LogP contribution in [0.5, 0.6) is 0 Å². The van der Waals surface area contributed by atoms with Crippen LogP contribution in [0.4, 0.5) is 0 Å². The van der Waals surface area contributed by atoms with E-state index in [1.54, 1.807) is 6.92 Å². The zero-order chi connectivity index (χ0) is 8.53. The van der Waals surface area contributed by atoms with Crippen molar-refractivity contribution < 1.29 is 9.53 Å². The maximum Gasteiger partial charge on any atom is 0.315 e. The van der Waals surface area contributed by atoms with Crippen LogP contribution in [0.15, 0.2) is 0 Å². The van der Waals surface area contributed by atoms with E-state index in [9.17, 15) is 4.79 Å². The fraction of sp³-hybridized carbons (Fsp3) is 0.714. The Hall–Kier alpha value is -0.690. The number of nitrogens with zero attached hydrogens (tertiary/aromatic N) is 1. The van der Waals surface area contributed by atoms with Gasteiger partial charge in [0.15, 0.2) is 0 Å². The normalized spacial score (nSPS) is 8.73. The van der Waals surface area contributed by atoms with Gasteiger partial charge >= 0.3 is 5.97 Å². The standard InChI is InChI=1S/C7H11NO2S/c1-2-10-7(9)6-11-5-3-4-8/h2-3,5-6H2,1H3. The lowest BCUT2D eigenvalue weighted by atomic mass is 10.6. The molecule has 0 heterocycles. The monoisotopic (exact) mass is 173 g/mol. The number of hydrogen-bond acceptors (Lipinski definition) is 4. The van der Waals surface area contributed by atoms with Gasteiger partial charge in [0.1, 0.15) is 0 Å². The molecule has 0 aromatic heterocycles. The molecular formula is C7H11NO2S. The number of carbonyl (C=O) groups is 1. The highest BCUT2D eigenvalue weighted by molar-refractivity contribution is 7.99. The van der Waals surface area contributed by atoms with Gasteiger partial charge in [-0.05, 0) is 6.92 Å². The topological polar surface area (TPSA) is 50.1 Å². The molecule has 0 aliphatic carbocycles. The molecular weight excluding hydrogens is 162 g/mol. The molecule has 0 amide bonds. The first-order valence-corrected chi connectivity index (χ1v) is 4.57. The lowest BCUT2D eigenvalue weighted by Crippen LogP contribution is -2.06. The summed E-state index contributed by atoms with van der Waals surface area (Å²) in [6.07, 6.45) is 0.490. The van der Waals surface area contributed by atoms with E-state index >= 15 is 0 Å². The van der Waals surface area contributed by atoms with Gasteiger partial charge in [0.05, 0.1) is 18.4 Å². The van der Waals surface area contributed by atoms with Gasteiger partial charge in [0, 0.05) is 12.2 Å². The average Bonchev–Trinajstić information content (AvgIpc) is 1.99. The third-order valence-electron chi connectivity index (χ3n) is 0.883. The summed E-state index contributed by atoms with van der Waals surface area (Å²) in [6, 6.07) is 2.00. The number of carbonyl (C=O) groups excluding carboxylic acids is 1. The number of hydrogen-bond donors (Lipinski definition) is 0. The van der Waals surface area contributed by atoms with Crippen LogP contribution in [0.25, 0.3) is 0 Å². The first-order valence-electron chi connectivity index (χ1n) is 3.41. The highest BCUT2D eigenvalue weighted by Gasteiger charge is 1.99. The van der Waals surface area contributed by atoms with E-state index in [2.05, 4.69) is 4.74 Å². The molecule has 0 aliphatic heterocycles. The van der Waals surface area contributed by atoms with Crippen molar-refractivity contribution in [3.8, 4) is 6.07 Å². The molecule has 0 unspecified atom stereocenters. The second kappa shape index (κ2) is 7.42. The van der Waals surface area contributed by atoms with Crippen LogP contribution in [-0.2, 0) is 9.53 Å². The molecule has 0 aliphatic rings. The summed E-state index contributed by atoms with van der Waals surface area (Å²) >= 11 is 1.43. The predicted molar refractivity (Wildman–Crippen MR) is 44.2 cm³/mol. The van der Waals surface area contributed by atoms with Gasteiger partial charge in [-0.15, -0.1) is 11.8 Å². The van der Waals surface area contributed by atoms with Crippen LogP contribution in [0.3, 0.4) is 0 Å². The Bertz CT molecular complexity index is 153. The quantitative estimate of drug-likeness (QED) is 0.463. The van der Waals surface area contributed by atoms with Crippen LogP contribution in [0.1, 0.15) is 13.3 Å². The molecule has 4 heteroatoms. The summed E-state index contributed by atoms with van der Waals surface area (Å²) in [5.74, 6) is 0.862. The van der Waals surface area contributed by atoms with Crippen molar-refractivity contribution in [2.24, 2.45) is 0 Å². The van der Waals surface area contributed by atoms with E-state index in [1.165, 1.54) is 11.8 Å². The highest BCUT2D eigenvalue weighted by atomic mass is 32.2. The van der Waals surface area contributed by atoms with Crippen molar-refractivity contribution in [1.29, 1.82) is 5.26 Å². The van der Waals surface area contributed by atoms with Crippen molar-refractivity contribution in [3.63, 3.8) is 0 Å². The minimum absolute atomic E-state index is 0.199. The summed E-state index contributed by atoms with van der Waals surface area (Å²) in [5, 5.41) is 8.16. The summed E-state index contributed by atoms with van der Waals surface area (Å²) in [5.41, 5.74) is 0. The third kappa shape index (κ3) is 7.20. The van der Waals surface area contributed by atoms with Gasteiger partial charge in [-0.1, -0.05) is 0 Å². The number of ether oxygens (including phenoxy) is 1. The molecule has 11 heavy (non-hydrogen) atoms. The van der Waals surface area contributed by atoms with Crippen molar-refractivity contribution >= 4 is 17.7 Å². The Morgan fingerprint density at radius 1 is 1.73 bits per heavy atom. The Balaban J connectivity index is 3.12. The molecule has 0 spiro atoms. The van der Waals surface area contributed by atoms with E-state index in [4.69, 9.17) is 5.26 Å². The number of rotatable bonds is 5. The molecule has 0 rings (SSSR count). The molecule has 3 nitrogen and oxygen atoms in total. The van der Waals surface area contributed by atoms with E-state index in [0.29, 0.717) is 24.5 Å². The van der Waals surface area contributed by atoms with Gasteiger partial charge in [-0.25, -0.2) is 0 Å². The predicted octanol–water partition coefficient (Wildman–Crippen LogP) is 1.20. The van der Waals surface area contributed by atoms with Crippen molar-refractivity contribution in [1.82, 2.24) is 0 Å². The summed E-state index contributed by atoms with van der Waals surface area (Å²) < 4.78 is 4.68.